The molecule has 0 unspecified atom stereocenters. The number of nitrogens with zero attached hydrogens (tertiary/aromatic N) is 1. The second-order valence-electron chi connectivity index (χ2n) is 20.5. The summed E-state index contributed by atoms with van der Waals surface area (Å²) >= 11 is 0. The summed E-state index contributed by atoms with van der Waals surface area (Å²) in [5.41, 5.74) is 20.9. The van der Waals surface area contributed by atoms with Gasteiger partial charge in [0.25, 0.3) is 0 Å². The third-order valence-electron chi connectivity index (χ3n) is 13.8. The molecule has 0 aliphatic rings. The van der Waals surface area contributed by atoms with Crippen molar-refractivity contribution in [1.29, 1.82) is 0 Å². The Morgan fingerprint density at radius 2 is 0.451 bits per heavy atom. The monoisotopic (exact) mass is 978 g/mol. The zero-order valence-electron chi connectivity index (χ0n) is 46.8. The first-order chi connectivity index (χ1) is 34.6. The quantitative estimate of drug-likeness (QED) is 0.0206. The first-order valence-corrected chi connectivity index (χ1v) is 29.2. The topological polar surface area (TPSA) is 116 Å². The highest BCUT2D eigenvalue weighted by Gasteiger charge is 2.39. The lowest BCUT2D eigenvalue weighted by Gasteiger charge is -2.37. The van der Waals surface area contributed by atoms with Crippen LogP contribution in [0.25, 0.3) is 0 Å². The van der Waals surface area contributed by atoms with Gasteiger partial charge in [-0.3, -0.25) is 0 Å². The molecule has 0 saturated carbocycles. The van der Waals surface area contributed by atoms with E-state index >= 15 is 0 Å². The largest absolute Gasteiger partial charge is 0.832 e. The van der Waals surface area contributed by atoms with Crippen LogP contribution in [-0.4, -0.2) is 30.5 Å². The molecular weight excluding hydrogens is 870 g/mol. The highest BCUT2D eigenvalue weighted by molar-refractivity contribution is 6.28. The molecule has 0 aliphatic heterocycles. The van der Waals surface area contributed by atoms with E-state index in [1.54, 1.807) is 0 Å². The number of hydrogen-bond acceptors (Lipinski definition) is 5. The molecule has 6 N–H and O–H groups in total. The number of unbranched alkanes of at least 4 members (excludes halogenated alkanes) is 30. The van der Waals surface area contributed by atoms with E-state index in [1.165, 1.54) is 250 Å². The Bertz CT molecular complexity index is 1480. The van der Waals surface area contributed by atoms with Crippen LogP contribution in [0.15, 0.2) is 97.1 Å². The fraction of sp³-hybridized carbons (Fsp3) is 0.625. The third kappa shape index (κ3) is 32.5. The Morgan fingerprint density at radius 1 is 0.310 bits per heavy atom. The molecule has 0 radical (unpaired) electrons. The number of hydrogen-bond donors (Lipinski definition) is 4. The van der Waals surface area contributed by atoms with Crippen molar-refractivity contribution < 1.29 is 15.1 Å². The lowest BCUT2D eigenvalue weighted by Crippen LogP contribution is -2.33. The molecule has 0 bridgehead atoms. The van der Waals surface area contributed by atoms with Gasteiger partial charge in [0.05, 0.1) is 0 Å². The maximum absolute atomic E-state index is 8.64. The van der Waals surface area contributed by atoms with Gasteiger partial charge in [-0.25, -0.2) is 0 Å². The molecule has 0 aromatic heterocycles. The average molecular weight is 978 g/mol. The minimum absolute atomic E-state index is 0.557. The predicted molar refractivity (Wildman–Crippen MR) is 313 cm³/mol. The molecule has 4 aromatic carbocycles. The lowest BCUT2D eigenvalue weighted by molar-refractivity contribution is -0.242. The van der Waals surface area contributed by atoms with E-state index in [0.29, 0.717) is 4.48 Å². The van der Waals surface area contributed by atoms with Gasteiger partial charge >= 0.3 is 7.32 Å². The van der Waals surface area contributed by atoms with Gasteiger partial charge in [-0.05, 0) is 53.6 Å². The van der Waals surface area contributed by atoms with E-state index in [-0.39, 0.29) is 0 Å². The predicted octanol–water partition coefficient (Wildman–Crippen LogP) is 18.0. The van der Waals surface area contributed by atoms with Crippen LogP contribution in [0, 0.1) is 27.7 Å². The van der Waals surface area contributed by atoms with Crippen molar-refractivity contribution >= 4 is 30.1 Å². The molecule has 7 heteroatoms. The Labute approximate surface area is 438 Å². The summed E-state index contributed by atoms with van der Waals surface area (Å²) in [6.07, 6.45) is 45.7. The maximum atomic E-state index is 8.64. The van der Waals surface area contributed by atoms with Crippen molar-refractivity contribution in [3.63, 3.8) is 0 Å². The zero-order valence-corrected chi connectivity index (χ0v) is 46.8. The molecule has 0 spiro atoms. The molecule has 6 nitrogen and oxygen atoms in total. The second-order valence-corrected chi connectivity index (χ2v) is 20.5. The maximum Gasteiger partial charge on any atom is 0.339 e. The van der Waals surface area contributed by atoms with Crippen LogP contribution in [0.4, 0.5) is 22.7 Å². The van der Waals surface area contributed by atoms with Gasteiger partial charge < -0.3 is 26.5 Å². The molecule has 4 rings (SSSR count). The SMILES string of the molecule is CCCCCCCCCCCCCCCCCCN.CCCCCCCCCCCCCCCCCCN.Cc1ccc([N+](c2ccc(C)cc2)(c2ccc(C)cc2)c2ccc(C)cc2)cc1.[O-]B(O)O. The van der Waals surface area contributed by atoms with Gasteiger partial charge in [-0.2, -0.15) is 4.48 Å². The fourth-order valence-corrected chi connectivity index (χ4v) is 9.35. The molecule has 0 saturated heterocycles. The minimum atomic E-state index is -2.42. The van der Waals surface area contributed by atoms with Crippen LogP contribution < -0.4 is 21.0 Å². The van der Waals surface area contributed by atoms with E-state index < -0.39 is 7.32 Å². The van der Waals surface area contributed by atoms with Crippen molar-refractivity contribution in [2.24, 2.45) is 11.5 Å². The fourth-order valence-electron chi connectivity index (χ4n) is 9.35. The first-order valence-electron chi connectivity index (χ1n) is 29.2. The van der Waals surface area contributed by atoms with E-state index in [9.17, 15) is 0 Å². The number of aryl methyl sites for hydroxylation is 4. The van der Waals surface area contributed by atoms with Crippen molar-refractivity contribution in [2.75, 3.05) is 13.1 Å². The molecular formula is C64H108BN3O3. The van der Waals surface area contributed by atoms with Crippen LogP contribution in [-0.2, 0) is 0 Å². The number of rotatable bonds is 36. The number of quaternary nitrogens is 1. The summed E-state index contributed by atoms with van der Waals surface area (Å²) in [5, 5.41) is 22.8. The summed E-state index contributed by atoms with van der Waals surface area (Å²) in [4.78, 5) is 0. The molecule has 0 fully saturated rings. The van der Waals surface area contributed by atoms with Gasteiger partial charge in [0.1, 0.15) is 22.7 Å². The lowest BCUT2D eigenvalue weighted by atomic mass is 10.0. The Hall–Kier alpha value is -3.30. The molecule has 0 heterocycles. The van der Waals surface area contributed by atoms with Crippen molar-refractivity contribution in [2.45, 2.75) is 247 Å². The zero-order chi connectivity index (χ0) is 52.1. The third-order valence-corrected chi connectivity index (χ3v) is 13.8. The van der Waals surface area contributed by atoms with E-state index in [4.69, 9.17) is 26.5 Å². The molecule has 0 atom stereocenters. The highest BCUT2D eigenvalue weighted by Crippen LogP contribution is 2.51. The van der Waals surface area contributed by atoms with Crippen LogP contribution in [0.2, 0.25) is 0 Å². The summed E-state index contributed by atoms with van der Waals surface area (Å²) in [7, 11) is -2.42. The molecule has 0 amide bonds. The van der Waals surface area contributed by atoms with Crippen molar-refractivity contribution in [3.05, 3.63) is 119 Å². The van der Waals surface area contributed by atoms with Crippen molar-refractivity contribution in [3.8, 4) is 0 Å². The molecule has 400 valence electrons. The van der Waals surface area contributed by atoms with E-state index in [1.807, 2.05) is 0 Å². The van der Waals surface area contributed by atoms with E-state index in [2.05, 4.69) is 139 Å². The van der Waals surface area contributed by atoms with Crippen LogP contribution in [0.5, 0.6) is 0 Å². The Balaban J connectivity index is 0.000000532. The minimum Gasteiger partial charge on any atom is -0.832 e. The van der Waals surface area contributed by atoms with Gasteiger partial charge in [-0.1, -0.05) is 277 Å². The van der Waals surface area contributed by atoms with Crippen LogP contribution in [0.1, 0.15) is 242 Å². The summed E-state index contributed by atoms with van der Waals surface area (Å²) in [6.45, 7) is 14.9. The molecule has 0 aliphatic carbocycles. The van der Waals surface area contributed by atoms with Crippen LogP contribution in [0.3, 0.4) is 0 Å². The van der Waals surface area contributed by atoms with Gasteiger partial charge in [0.15, 0.2) is 0 Å². The standard InChI is InChI=1S/C28H28N.2C18H39N.BH2O3/c1-21-5-13-25(14-6-21)29(26-15-7-22(2)8-16-26,27-17-9-23(3)10-18-27)28-19-11-24(4)12-20-28;2*1-2-3-4-5-6-7-8-9-10-11-12-13-14-15-16-17-18-19;2-1(3)4/h5-20H,1-4H3;2*2-19H2,1H3;2-3H/q+1;;;-1. The number of benzene rings is 4. The summed E-state index contributed by atoms with van der Waals surface area (Å²) < 4.78 is 0.557. The summed E-state index contributed by atoms with van der Waals surface area (Å²) in [5.74, 6) is 0. The Kier molecular flexibility index (Phi) is 42.0. The normalized spacial score (nSPS) is 11.0. The van der Waals surface area contributed by atoms with Gasteiger partial charge in [0.2, 0.25) is 0 Å². The van der Waals surface area contributed by atoms with Crippen LogP contribution >= 0.6 is 0 Å². The number of nitrogens with two attached hydrogens (primary N) is 2. The second kappa shape index (κ2) is 45.3. The summed E-state index contributed by atoms with van der Waals surface area (Å²) in [6, 6.07) is 35.7. The van der Waals surface area contributed by atoms with E-state index in [0.717, 1.165) is 13.1 Å². The Morgan fingerprint density at radius 3 is 0.592 bits per heavy atom. The highest BCUT2D eigenvalue weighted by atomic mass is 16.5. The van der Waals surface area contributed by atoms with Crippen molar-refractivity contribution in [1.82, 2.24) is 4.48 Å². The molecule has 71 heavy (non-hydrogen) atoms. The molecule has 4 aromatic rings. The average Bonchev–Trinajstić information content (AvgIpc) is 3.36. The van der Waals surface area contributed by atoms with Gasteiger partial charge in [-0.15, -0.1) is 0 Å². The first kappa shape index (κ1) is 65.7. The smallest absolute Gasteiger partial charge is 0.339 e. The van der Waals surface area contributed by atoms with Gasteiger partial charge in [0, 0.05) is 48.5 Å².